The summed E-state index contributed by atoms with van der Waals surface area (Å²) in [6, 6.07) is 20.1. The van der Waals surface area contributed by atoms with Crippen molar-refractivity contribution >= 4 is 16.7 Å². The van der Waals surface area contributed by atoms with Crippen LogP contribution in [0.5, 0.6) is 0 Å². The zero-order chi connectivity index (χ0) is 16.4. The first kappa shape index (κ1) is 15.3. The molecule has 23 heavy (non-hydrogen) atoms. The lowest BCUT2D eigenvalue weighted by molar-refractivity contribution is -0.138. The molecular weight excluding hydrogens is 284 g/mol. The van der Waals surface area contributed by atoms with Crippen LogP contribution < -0.4 is 0 Å². The lowest BCUT2D eigenvalue weighted by atomic mass is 9.88. The highest BCUT2D eigenvalue weighted by Gasteiger charge is 2.21. The van der Waals surface area contributed by atoms with Gasteiger partial charge in [-0.15, -0.1) is 0 Å². The van der Waals surface area contributed by atoms with Crippen molar-refractivity contribution in [1.82, 2.24) is 0 Å². The molecule has 0 aliphatic carbocycles. The Morgan fingerprint density at radius 2 is 1.70 bits per heavy atom. The highest BCUT2D eigenvalue weighted by molar-refractivity contribution is 5.86. The van der Waals surface area contributed by atoms with Gasteiger partial charge in [0.25, 0.3) is 0 Å². The maximum Gasteiger partial charge on any atom is 0.311 e. The van der Waals surface area contributed by atoms with Gasteiger partial charge in [-0.2, -0.15) is 0 Å². The van der Waals surface area contributed by atoms with Crippen molar-refractivity contribution in [3.63, 3.8) is 0 Å². The van der Waals surface area contributed by atoms with Crippen LogP contribution in [0.25, 0.3) is 10.8 Å². The van der Waals surface area contributed by atoms with Crippen molar-refractivity contribution in [1.29, 1.82) is 0 Å². The lowest BCUT2D eigenvalue weighted by Crippen LogP contribution is -2.15. The molecule has 0 aliphatic rings. The van der Waals surface area contributed by atoms with Gasteiger partial charge in [0.05, 0.1) is 5.92 Å². The summed E-state index contributed by atoms with van der Waals surface area (Å²) in [4.78, 5) is 11.8. The van der Waals surface area contributed by atoms with Crippen LogP contribution in [-0.4, -0.2) is 11.1 Å². The van der Waals surface area contributed by atoms with E-state index in [2.05, 4.69) is 18.2 Å². The van der Waals surface area contributed by atoms with Crippen molar-refractivity contribution in [3.05, 3.63) is 82.9 Å². The fraction of sp³-hybridized carbons (Fsp3) is 0.190. The summed E-state index contributed by atoms with van der Waals surface area (Å²) in [6.07, 6.45) is 0.499. The number of fused-ring (bicyclic) bond motifs is 1. The molecule has 0 spiro atoms. The summed E-state index contributed by atoms with van der Waals surface area (Å²) in [6.45, 7) is 4.06. The van der Waals surface area contributed by atoms with Crippen LogP contribution >= 0.6 is 0 Å². The minimum Gasteiger partial charge on any atom is -0.481 e. The Morgan fingerprint density at radius 3 is 2.43 bits per heavy atom. The third kappa shape index (κ3) is 3.11. The molecule has 0 aromatic heterocycles. The van der Waals surface area contributed by atoms with Crippen molar-refractivity contribution in [2.45, 2.75) is 26.2 Å². The topological polar surface area (TPSA) is 37.3 Å². The second-order valence-corrected chi connectivity index (χ2v) is 6.08. The van der Waals surface area contributed by atoms with Gasteiger partial charge >= 0.3 is 5.97 Å². The fourth-order valence-corrected chi connectivity index (χ4v) is 3.02. The van der Waals surface area contributed by atoms with E-state index in [0.717, 1.165) is 27.5 Å². The first-order valence-electron chi connectivity index (χ1n) is 7.83. The number of aryl methyl sites for hydroxylation is 2. The molecule has 3 rings (SSSR count). The summed E-state index contributed by atoms with van der Waals surface area (Å²) >= 11 is 0. The molecule has 0 fully saturated rings. The van der Waals surface area contributed by atoms with E-state index in [1.54, 1.807) is 0 Å². The number of carboxylic acid groups (broad SMARTS) is 1. The number of aliphatic carboxylic acids is 1. The molecule has 0 saturated carbocycles. The third-order valence-corrected chi connectivity index (χ3v) is 4.54. The largest absolute Gasteiger partial charge is 0.481 e. The summed E-state index contributed by atoms with van der Waals surface area (Å²) in [5, 5.41) is 12.0. The van der Waals surface area contributed by atoms with E-state index in [0.29, 0.717) is 6.42 Å². The molecule has 116 valence electrons. The van der Waals surface area contributed by atoms with Gasteiger partial charge in [0.15, 0.2) is 0 Å². The molecule has 1 atom stereocenters. The van der Waals surface area contributed by atoms with Gasteiger partial charge in [-0.1, -0.05) is 60.7 Å². The van der Waals surface area contributed by atoms with Crippen LogP contribution in [0, 0.1) is 13.8 Å². The van der Waals surface area contributed by atoms with E-state index >= 15 is 0 Å². The molecule has 0 heterocycles. The van der Waals surface area contributed by atoms with Gasteiger partial charge in [-0.25, -0.2) is 0 Å². The van der Waals surface area contributed by atoms with Crippen LogP contribution in [0.15, 0.2) is 60.7 Å². The minimum absolute atomic E-state index is 0.499. The van der Waals surface area contributed by atoms with Crippen LogP contribution in [0.4, 0.5) is 0 Å². The molecule has 2 heteroatoms. The number of carbonyl (C=O) groups is 1. The molecule has 1 N–H and O–H groups in total. The Balaban J connectivity index is 2.02. The predicted octanol–water partition coefficient (Wildman–Crippen LogP) is 4.87. The van der Waals surface area contributed by atoms with Crippen LogP contribution in [0.3, 0.4) is 0 Å². The van der Waals surface area contributed by atoms with Gasteiger partial charge in [0.1, 0.15) is 0 Å². The summed E-state index contributed by atoms with van der Waals surface area (Å²) in [7, 11) is 0. The van der Waals surface area contributed by atoms with Gasteiger partial charge in [-0.3, -0.25) is 4.79 Å². The quantitative estimate of drug-likeness (QED) is 0.747. The number of hydrogen-bond acceptors (Lipinski definition) is 1. The fourth-order valence-electron chi connectivity index (χ4n) is 3.02. The molecular formula is C21H20O2. The van der Waals surface area contributed by atoms with E-state index in [1.807, 2.05) is 56.3 Å². The van der Waals surface area contributed by atoms with Crippen LogP contribution in [0.2, 0.25) is 0 Å². The molecule has 0 aliphatic heterocycles. The summed E-state index contributed by atoms with van der Waals surface area (Å²) in [5.41, 5.74) is 4.26. The maximum atomic E-state index is 11.8. The molecule has 2 nitrogen and oxygen atoms in total. The monoisotopic (exact) mass is 304 g/mol. The summed E-state index contributed by atoms with van der Waals surface area (Å²) in [5.74, 6) is -1.30. The Bertz CT molecular complexity index is 859. The van der Waals surface area contributed by atoms with Gasteiger partial charge in [-0.05, 0) is 53.3 Å². The Labute approximate surface area is 136 Å². The van der Waals surface area contributed by atoms with E-state index in [-0.39, 0.29) is 0 Å². The molecule has 0 saturated heterocycles. The van der Waals surface area contributed by atoms with Crippen LogP contribution in [-0.2, 0) is 11.2 Å². The Hall–Kier alpha value is -2.61. The highest BCUT2D eigenvalue weighted by Crippen LogP contribution is 2.27. The van der Waals surface area contributed by atoms with Crippen molar-refractivity contribution in [2.24, 2.45) is 0 Å². The lowest BCUT2D eigenvalue weighted by Gasteiger charge is -2.16. The molecule has 0 amide bonds. The van der Waals surface area contributed by atoms with Gasteiger partial charge in [0, 0.05) is 0 Å². The maximum absolute atomic E-state index is 11.8. The van der Waals surface area contributed by atoms with E-state index < -0.39 is 11.9 Å². The normalized spacial score (nSPS) is 12.3. The van der Waals surface area contributed by atoms with E-state index in [9.17, 15) is 9.90 Å². The first-order chi connectivity index (χ1) is 11.1. The molecule has 0 bridgehead atoms. The average molecular weight is 304 g/mol. The van der Waals surface area contributed by atoms with E-state index in [1.165, 1.54) is 5.56 Å². The van der Waals surface area contributed by atoms with Gasteiger partial charge in [0.2, 0.25) is 0 Å². The minimum atomic E-state index is -0.777. The van der Waals surface area contributed by atoms with Gasteiger partial charge < -0.3 is 5.11 Å². The van der Waals surface area contributed by atoms with Crippen molar-refractivity contribution < 1.29 is 9.90 Å². The summed E-state index contributed by atoms with van der Waals surface area (Å²) < 4.78 is 0. The first-order valence-corrected chi connectivity index (χ1v) is 7.83. The van der Waals surface area contributed by atoms with Crippen LogP contribution in [0.1, 0.15) is 28.2 Å². The van der Waals surface area contributed by atoms with Crippen molar-refractivity contribution in [2.75, 3.05) is 0 Å². The molecule has 3 aromatic carbocycles. The van der Waals surface area contributed by atoms with E-state index in [4.69, 9.17) is 0 Å². The highest BCUT2D eigenvalue weighted by atomic mass is 16.4. The predicted molar refractivity (Wildman–Crippen MR) is 93.9 cm³/mol. The number of rotatable bonds is 4. The molecule has 3 aromatic rings. The Kier molecular flexibility index (Phi) is 4.16. The smallest absolute Gasteiger partial charge is 0.311 e. The second-order valence-electron chi connectivity index (χ2n) is 6.08. The number of carboxylic acids is 1. The number of hydrogen-bond donors (Lipinski definition) is 1. The average Bonchev–Trinajstić information content (AvgIpc) is 2.55. The molecule has 1 unspecified atom stereocenters. The molecule has 0 radical (unpaired) electrons. The SMILES string of the molecule is Cc1ccc(C(Cc2cccc3ccccc23)C(=O)O)cc1C. The second kappa shape index (κ2) is 6.25. The number of benzene rings is 3. The third-order valence-electron chi connectivity index (χ3n) is 4.54. The zero-order valence-corrected chi connectivity index (χ0v) is 13.4. The van der Waals surface area contributed by atoms with Crippen molar-refractivity contribution in [3.8, 4) is 0 Å². The standard InChI is InChI=1S/C21H20O2/c1-14-10-11-18(12-15(14)2)20(21(22)23)13-17-8-5-7-16-6-3-4-9-19(16)17/h3-12,20H,13H2,1-2H3,(H,22,23). The Morgan fingerprint density at radius 1 is 0.957 bits per heavy atom. The zero-order valence-electron chi connectivity index (χ0n) is 13.4.